The molecule has 1 N–H and O–H groups in total. The van der Waals surface area contributed by atoms with Crippen LogP contribution in [-0.2, 0) is 4.74 Å². The SMILES string of the molecule is C=CN(C)C1CNCCC[C@H]1OC. The molecule has 76 valence electrons. The van der Waals surface area contributed by atoms with Crippen LogP contribution in [0.2, 0.25) is 0 Å². The Balaban J connectivity index is 2.58. The zero-order valence-electron chi connectivity index (χ0n) is 8.62. The minimum Gasteiger partial charge on any atom is -0.379 e. The molecule has 1 unspecified atom stereocenters. The van der Waals surface area contributed by atoms with Gasteiger partial charge in [0.05, 0.1) is 12.1 Å². The first kappa shape index (κ1) is 10.5. The van der Waals surface area contributed by atoms with E-state index in [4.69, 9.17) is 4.74 Å². The number of hydrogen-bond donors (Lipinski definition) is 1. The van der Waals surface area contributed by atoms with E-state index >= 15 is 0 Å². The van der Waals surface area contributed by atoms with Gasteiger partial charge in [0.15, 0.2) is 0 Å². The number of ether oxygens (including phenoxy) is 1. The van der Waals surface area contributed by atoms with E-state index in [-0.39, 0.29) is 0 Å². The maximum Gasteiger partial charge on any atom is 0.0786 e. The molecule has 0 aromatic rings. The number of hydrogen-bond acceptors (Lipinski definition) is 3. The Hall–Kier alpha value is -0.540. The highest BCUT2D eigenvalue weighted by Crippen LogP contribution is 2.13. The van der Waals surface area contributed by atoms with Gasteiger partial charge in [-0.25, -0.2) is 0 Å². The molecule has 13 heavy (non-hydrogen) atoms. The van der Waals surface area contributed by atoms with Crippen molar-refractivity contribution in [1.82, 2.24) is 10.2 Å². The van der Waals surface area contributed by atoms with Crippen LogP contribution in [0.4, 0.5) is 0 Å². The predicted molar refractivity (Wildman–Crippen MR) is 54.6 cm³/mol. The van der Waals surface area contributed by atoms with Gasteiger partial charge in [0, 0.05) is 20.7 Å². The van der Waals surface area contributed by atoms with E-state index in [9.17, 15) is 0 Å². The molecule has 1 aliphatic rings. The number of nitrogens with one attached hydrogen (secondary N) is 1. The molecule has 1 aliphatic heterocycles. The summed E-state index contributed by atoms with van der Waals surface area (Å²) in [6, 6.07) is 0.421. The summed E-state index contributed by atoms with van der Waals surface area (Å²) in [5, 5.41) is 3.41. The largest absolute Gasteiger partial charge is 0.379 e. The average molecular weight is 184 g/mol. The Kier molecular flexibility index (Phi) is 4.25. The summed E-state index contributed by atoms with van der Waals surface area (Å²) in [7, 11) is 3.84. The molecule has 0 saturated carbocycles. The van der Waals surface area contributed by atoms with E-state index in [1.807, 2.05) is 6.20 Å². The molecule has 0 bridgehead atoms. The lowest BCUT2D eigenvalue weighted by molar-refractivity contribution is 0.0390. The van der Waals surface area contributed by atoms with Crippen LogP contribution in [0.5, 0.6) is 0 Å². The van der Waals surface area contributed by atoms with E-state index in [0.29, 0.717) is 12.1 Å². The van der Waals surface area contributed by atoms with Crippen LogP contribution in [0, 0.1) is 0 Å². The molecule has 1 fully saturated rings. The maximum absolute atomic E-state index is 5.48. The summed E-state index contributed by atoms with van der Waals surface area (Å²) in [5.74, 6) is 0. The first-order valence-electron chi connectivity index (χ1n) is 4.87. The molecule has 1 saturated heterocycles. The van der Waals surface area contributed by atoms with Gasteiger partial charge in [-0.15, -0.1) is 0 Å². The van der Waals surface area contributed by atoms with Gasteiger partial charge < -0.3 is 15.0 Å². The van der Waals surface area contributed by atoms with Crippen molar-refractivity contribution in [2.24, 2.45) is 0 Å². The zero-order chi connectivity index (χ0) is 9.68. The first-order valence-corrected chi connectivity index (χ1v) is 4.87. The fourth-order valence-corrected chi connectivity index (χ4v) is 1.82. The van der Waals surface area contributed by atoms with Crippen LogP contribution in [0.1, 0.15) is 12.8 Å². The lowest BCUT2D eigenvalue weighted by atomic mass is 10.1. The van der Waals surface area contributed by atoms with Crippen molar-refractivity contribution >= 4 is 0 Å². The van der Waals surface area contributed by atoms with Crippen LogP contribution < -0.4 is 5.32 Å². The molecule has 1 rings (SSSR count). The van der Waals surface area contributed by atoms with Crippen LogP contribution in [0.15, 0.2) is 12.8 Å². The van der Waals surface area contributed by atoms with Gasteiger partial charge in [-0.3, -0.25) is 0 Å². The first-order chi connectivity index (χ1) is 6.29. The summed E-state index contributed by atoms with van der Waals surface area (Å²) in [6.45, 7) is 5.86. The Morgan fingerprint density at radius 2 is 2.38 bits per heavy atom. The minimum absolute atomic E-state index is 0.331. The highest BCUT2D eigenvalue weighted by molar-refractivity contribution is 4.87. The van der Waals surface area contributed by atoms with Crippen LogP contribution in [-0.4, -0.2) is 44.3 Å². The van der Waals surface area contributed by atoms with E-state index in [0.717, 1.165) is 19.5 Å². The molecule has 1 heterocycles. The fourth-order valence-electron chi connectivity index (χ4n) is 1.82. The van der Waals surface area contributed by atoms with E-state index < -0.39 is 0 Å². The lowest BCUT2D eigenvalue weighted by Gasteiger charge is -2.31. The molecular formula is C10H20N2O. The van der Waals surface area contributed by atoms with Crippen molar-refractivity contribution < 1.29 is 4.74 Å². The van der Waals surface area contributed by atoms with Gasteiger partial charge >= 0.3 is 0 Å². The van der Waals surface area contributed by atoms with Crippen molar-refractivity contribution in [2.45, 2.75) is 25.0 Å². The smallest absolute Gasteiger partial charge is 0.0786 e. The molecule has 0 aliphatic carbocycles. The summed E-state index contributed by atoms with van der Waals surface area (Å²) >= 11 is 0. The van der Waals surface area contributed by atoms with E-state index in [2.05, 4.69) is 23.8 Å². The predicted octanol–water partition coefficient (Wildman–Crippen LogP) is 0.829. The molecule has 0 aromatic carbocycles. The van der Waals surface area contributed by atoms with Crippen molar-refractivity contribution in [3.63, 3.8) is 0 Å². The van der Waals surface area contributed by atoms with Crippen LogP contribution >= 0.6 is 0 Å². The van der Waals surface area contributed by atoms with Crippen molar-refractivity contribution in [2.75, 3.05) is 27.2 Å². The Morgan fingerprint density at radius 1 is 1.62 bits per heavy atom. The number of likely N-dealkylation sites (N-methyl/N-ethyl adjacent to an activating group) is 1. The van der Waals surface area contributed by atoms with Crippen LogP contribution in [0.25, 0.3) is 0 Å². The minimum atomic E-state index is 0.331. The third-order valence-corrected chi connectivity index (χ3v) is 2.74. The molecule has 3 heteroatoms. The number of rotatable bonds is 3. The highest BCUT2D eigenvalue weighted by Gasteiger charge is 2.24. The Labute approximate surface area is 80.8 Å². The van der Waals surface area contributed by atoms with E-state index in [1.54, 1.807) is 7.11 Å². The summed E-state index contributed by atoms with van der Waals surface area (Å²) < 4.78 is 5.48. The average Bonchev–Trinajstić information content (AvgIpc) is 2.41. The van der Waals surface area contributed by atoms with Crippen LogP contribution in [0.3, 0.4) is 0 Å². The highest BCUT2D eigenvalue weighted by atomic mass is 16.5. The number of nitrogens with zero attached hydrogens (tertiary/aromatic N) is 1. The second-order valence-corrected chi connectivity index (χ2v) is 3.54. The molecule has 3 nitrogen and oxygen atoms in total. The van der Waals surface area contributed by atoms with Gasteiger partial charge in [-0.2, -0.15) is 0 Å². The maximum atomic E-state index is 5.48. The molecule has 0 amide bonds. The fraction of sp³-hybridized carbons (Fsp3) is 0.800. The number of methoxy groups -OCH3 is 1. The molecular weight excluding hydrogens is 164 g/mol. The normalized spacial score (nSPS) is 29.4. The molecule has 0 spiro atoms. The van der Waals surface area contributed by atoms with Gasteiger partial charge in [0.2, 0.25) is 0 Å². The topological polar surface area (TPSA) is 24.5 Å². The summed E-state index contributed by atoms with van der Waals surface area (Å²) in [5.41, 5.74) is 0. The quantitative estimate of drug-likeness (QED) is 0.703. The molecule has 0 aromatic heterocycles. The second kappa shape index (κ2) is 5.25. The zero-order valence-corrected chi connectivity index (χ0v) is 8.62. The molecule has 2 atom stereocenters. The monoisotopic (exact) mass is 184 g/mol. The molecule has 0 radical (unpaired) electrons. The van der Waals surface area contributed by atoms with Gasteiger partial charge in [-0.1, -0.05) is 6.58 Å². The van der Waals surface area contributed by atoms with Gasteiger partial charge in [0.25, 0.3) is 0 Å². The Bertz CT molecular complexity index is 161. The lowest BCUT2D eigenvalue weighted by Crippen LogP contribution is -2.44. The summed E-state index contributed by atoms with van der Waals surface area (Å²) in [4.78, 5) is 2.13. The van der Waals surface area contributed by atoms with Gasteiger partial charge in [-0.05, 0) is 25.6 Å². The third kappa shape index (κ3) is 2.71. The van der Waals surface area contributed by atoms with Crippen molar-refractivity contribution in [3.05, 3.63) is 12.8 Å². The Morgan fingerprint density at radius 3 is 3.00 bits per heavy atom. The van der Waals surface area contributed by atoms with E-state index in [1.165, 1.54) is 6.42 Å². The summed E-state index contributed by atoms with van der Waals surface area (Å²) in [6.07, 6.45) is 4.52. The third-order valence-electron chi connectivity index (χ3n) is 2.74. The second-order valence-electron chi connectivity index (χ2n) is 3.54. The van der Waals surface area contributed by atoms with Gasteiger partial charge in [0.1, 0.15) is 0 Å². The standard InChI is InChI=1S/C10H20N2O/c1-4-12(2)9-8-11-7-5-6-10(9)13-3/h4,9-11H,1,5-8H2,2-3H3/t9?,10-/m1/s1. The van der Waals surface area contributed by atoms with Crippen molar-refractivity contribution in [3.8, 4) is 0 Å². The van der Waals surface area contributed by atoms with Crippen molar-refractivity contribution in [1.29, 1.82) is 0 Å².